The summed E-state index contributed by atoms with van der Waals surface area (Å²) < 4.78 is 15.6. The predicted molar refractivity (Wildman–Crippen MR) is 65.0 cm³/mol. The van der Waals surface area contributed by atoms with Gasteiger partial charge in [0.2, 0.25) is 0 Å². The van der Waals surface area contributed by atoms with Gasteiger partial charge >= 0.3 is 11.9 Å². The fourth-order valence-electron chi connectivity index (χ4n) is 2.04. The summed E-state index contributed by atoms with van der Waals surface area (Å²) in [5.41, 5.74) is 0. The van der Waals surface area contributed by atoms with Crippen molar-refractivity contribution in [2.45, 2.75) is 58.2 Å². The van der Waals surface area contributed by atoms with Gasteiger partial charge in [0.1, 0.15) is 6.61 Å². The summed E-state index contributed by atoms with van der Waals surface area (Å²) in [5, 5.41) is 0. The fraction of sp³-hybridized carbons (Fsp3) is 0.846. The number of hydrogen-bond acceptors (Lipinski definition) is 5. The Kier molecular flexibility index (Phi) is 6.72. The van der Waals surface area contributed by atoms with Gasteiger partial charge in [-0.15, -0.1) is 0 Å². The minimum absolute atomic E-state index is 0.0572. The zero-order valence-electron chi connectivity index (χ0n) is 11.1. The van der Waals surface area contributed by atoms with Crippen molar-refractivity contribution in [2.75, 3.05) is 13.2 Å². The van der Waals surface area contributed by atoms with Gasteiger partial charge in [0, 0.05) is 13.8 Å². The summed E-state index contributed by atoms with van der Waals surface area (Å²) in [7, 11) is 0. The van der Waals surface area contributed by atoms with Crippen molar-refractivity contribution >= 4 is 11.9 Å². The average molecular weight is 258 g/mol. The molecule has 0 aromatic heterocycles. The van der Waals surface area contributed by atoms with Crippen LogP contribution in [0.3, 0.4) is 0 Å². The molecular formula is C13H22O5. The Morgan fingerprint density at radius 1 is 1.06 bits per heavy atom. The Balaban J connectivity index is 2.29. The van der Waals surface area contributed by atoms with Crippen molar-refractivity contribution in [1.82, 2.24) is 0 Å². The van der Waals surface area contributed by atoms with Crippen LogP contribution in [-0.2, 0) is 23.8 Å². The van der Waals surface area contributed by atoms with E-state index in [4.69, 9.17) is 14.2 Å². The molecule has 0 radical (unpaired) electrons. The molecule has 1 aliphatic rings. The van der Waals surface area contributed by atoms with E-state index < -0.39 is 6.10 Å². The van der Waals surface area contributed by atoms with E-state index in [2.05, 4.69) is 0 Å². The largest absolute Gasteiger partial charge is 0.462 e. The van der Waals surface area contributed by atoms with E-state index in [-0.39, 0.29) is 31.3 Å². The fourth-order valence-corrected chi connectivity index (χ4v) is 2.04. The lowest BCUT2D eigenvalue weighted by Gasteiger charge is -2.24. The number of esters is 2. The molecule has 0 heterocycles. The highest BCUT2D eigenvalue weighted by atomic mass is 16.6. The first-order valence-electron chi connectivity index (χ1n) is 6.50. The highest BCUT2D eigenvalue weighted by Gasteiger charge is 2.19. The van der Waals surface area contributed by atoms with E-state index in [1.807, 2.05) is 0 Å². The van der Waals surface area contributed by atoms with Crippen LogP contribution in [0.2, 0.25) is 0 Å². The van der Waals surface area contributed by atoms with Gasteiger partial charge in [0.25, 0.3) is 0 Å². The number of hydrogen-bond donors (Lipinski definition) is 0. The third kappa shape index (κ3) is 6.59. The van der Waals surface area contributed by atoms with Crippen LogP contribution in [0.15, 0.2) is 0 Å². The second-order valence-electron chi connectivity index (χ2n) is 4.63. The molecular weight excluding hydrogens is 236 g/mol. The van der Waals surface area contributed by atoms with Gasteiger partial charge in [0.05, 0.1) is 12.7 Å². The summed E-state index contributed by atoms with van der Waals surface area (Å²) in [4.78, 5) is 21.7. The Morgan fingerprint density at radius 2 is 1.72 bits per heavy atom. The minimum atomic E-state index is -0.506. The molecule has 1 fully saturated rings. The van der Waals surface area contributed by atoms with Gasteiger partial charge < -0.3 is 14.2 Å². The minimum Gasteiger partial charge on any atom is -0.462 e. The van der Waals surface area contributed by atoms with Crippen molar-refractivity contribution in [3.63, 3.8) is 0 Å². The maximum atomic E-state index is 10.9. The highest BCUT2D eigenvalue weighted by molar-refractivity contribution is 5.67. The van der Waals surface area contributed by atoms with Crippen LogP contribution in [0, 0.1) is 0 Å². The van der Waals surface area contributed by atoms with Gasteiger partial charge in [-0.25, -0.2) is 0 Å². The van der Waals surface area contributed by atoms with E-state index in [1.54, 1.807) is 0 Å². The maximum Gasteiger partial charge on any atom is 0.303 e. The molecule has 0 N–H and O–H groups in total. The Morgan fingerprint density at radius 3 is 2.28 bits per heavy atom. The summed E-state index contributed by atoms with van der Waals surface area (Å²) >= 11 is 0. The Hall–Kier alpha value is -1.10. The molecule has 5 heteroatoms. The predicted octanol–water partition coefficient (Wildman–Crippen LogP) is 1.83. The smallest absolute Gasteiger partial charge is 0.303 e. The van der Waals surface area contributed by atoms with Crippen LogP contribution in [0.25, 0.3) is 0 Å². The van der Waals surface area contributed by atoms with Gasteiger partial charge in [0.15, 0.2) is 6.10 Å². The zero-order valence-corrected chi connectivity index (χ0v) is 11.1. The molecule has 0 saturated heterocycles. The maximum absolute atomic E-state index is 10.9. The lowest BCUT2D eigenvalue weighted by Crippen LogP contribution is -2.31. The van der Waals surface area contributed by atoms with Crippen LogP contribution < -0.4 is 0 Å². The summed E-state index contributed by atoms with van der Waals surface area (Å²) in [6.45, 7) is 3.01. The molecule has 1 unspecified atom stereocenters. The van der Waals surface area contributed by atoms with Gasteiger partial charge in [-0.3, -0.25) is 9.59 Å². The Labute approximate surface area is 108 Å². The van der Waals surface area contributed by atoms with Gasteiger partial charge in [-0.1, -0.05) is 19.3 Å². The average Bonchev–Trinajstić information content (AvgIpc) is 2.33. The molecule has 0 aromatic rings. The van der Waals surface area contributed by atoms with E-state index in [0.29, 0.717) is 0 Å². The van der Waals surface area contributed by atoms with E-state index in [9.17, 15) is 9.59 Å². The molecule has 0 spiro atoms. The van der Waals surface area contributed by atoms with Crippen molar-refractivity contribution < 1.29 is 23.8 Å². The van der Waals surface area contributed by atoms with Crippen LogP contribution in [-0.4, -0.2) is 37.4 Å². The normalized spacial score (nSPS) is 18.1. The summed E-state index contributed by atoms with van der Waals surface area (Å²) in [6.07, 6.45) is 5.49. The quantitative estimate of drug-likeness (QED) is 0.680. The molecule has 18 heavy (non-hydrogen) atoms. The monoisotopic (exact) mass is 258 g/mol. The van der Waals surface area contributed by atoms with Crippen molar-refractivity contribution in [1.29, 1.82) is 0 Å². The second kappa shape index (κ2) is 8.08. The number of ether oxygens (including phenoxy) is 3. The molecule has 0 aliphatic heterocycles. The van der Waals surface area contributed by atoms with Crippen LogP contribution in [0.4, 0.5) is 0 Å². The lowest BCUT2D eigenvalue weighted by atomic mass is 9.98. The SMILES string of the molecule is CC(=O)OCC(COC1CCCCC1)OC(C)=O. The first-order valence-corrected chi connectivity index (χ1v) is 6.50. The van der Waals surface area contributed by atoms with Gasteiger partial charge in [-0.05, 0) is 12.8 Å². The highest BCUT2D eigenvalue weighted by Crippen LogP contribution is 2.20. The first kappa shape index (κ1) is 15.0. The molecule has 0 aromatic carbocycles. The zero-order chi connectivity index (χ0) is 13.4. The number of carbonyl (C=O) groups excluding carboxylic acids is 2. The van der Waals surface area contributed by atoms with Crippen LogP contribution in [0.1, 0.15) is 46.0 Å². The van der Waals surface area contributed by atoms with Gasteiger partial charge in [-0.2, -0.15) is 0 Å². The molecule has 1 atom stereocenters. The van der Waals surface area contributed by atoms with E-state index in [1.165, 1.54) is 33.1 Å². The van der Waals surface area contributed by atoms with Crippen molar-refractivity contribution in [2.24, 2.45) is 0 Å². The van der Waals surface area contributed by atoms with Crippen LogP contribution in [0.5, 0.6) is 0 Å². The second-order valence-corrected chi connectivity index (χ2v) is 4.63. The molecule has 0 bridgehead atoms. The third-order valence-corrected chi connectivity index (χ3v) is 2.88. The Bertz CT molecular complexity index is 271. The topological polar surface area (TPSA) is 61.8 Å². The van der Waals surface area contributed by atoms with Crippen LogP contribution >= 0.6 is 0 Å². The third-order valence-electron chi connectivity index (χ3n) is 2.88. The molecule has 1 rings (SSSR count). The lowest BCUT2D eigenvalue weighted by molar-refractivity contribution is -0.161. The summed E-state index contributed by atoms with van der Waals surface area (Å²) in [6, 6.07) is 0. The van der Waals surface area contributed by atoms with Crippen molar-refractivity contribution in [3.8, 4) is 0 Å². The molecule has 1 saturated carbocycles. The van der Waals surface area contributed by atoms with E-state index in [0.717, 1.165) is 12.8 Å². The first-order chi connectivity index (χ1) is 8.58. The number of carbonyl (C=O) groups is 2. The standard InChI is InChI=1S/C13H22O5/c1-10(14)16-8-13(18-11(2)15)9-17-12-6-4-3-5-7-12/h12-13H,3-9H2,1-2H3. The molecule has 1 aliphatic carbocycles. The van der Waals surface area contributed by atoms with E-state index >= 15 is 0 Å². The molecule has 5 nitrogen and oxygen atoms in total. The molecule has 104 valence electrons. The number of rotatable bonds is 6. The summed E-state index contributed by atoms with van der Waals surface area (Å²) in [5.74, 6) is -0.774. The molecule has 0 amide bonds. The van der Waals surface area contributed by atoms with Crippen molar-refractivity contribution in [3.05, 3.63) is 0 Å².